The largest absolute Gasteiger partial charge is 0.486 e. The van der Waals surface area contributed by atoms with Crippen LogP contribution in [0.5, 0.6) is 23.0 Å². The zero-order valence-electron chi connectivity index (χ0n) is 18.4. The molecule has 10 nitrogen and oxygen atoms in total. The van der Waals surface area contributed by atoms with Gasteiger partial charge in [-0.25, -0.2) is 18.4 Å². The van der Waals surface area contributed by atoms with Gasteiger partial charge in [-0.2, -0.15) is 0 Å². The Bertz CT molecular complexity index is 1540. The second-order valence-corrected chi connectivity index (χ2v) is 9.54. The van der Waals surface area contributed by atoms with E-state index < -0.39 is 10.0 Å². The van der Waals surface area contributed by atoms with Gasteiger partial charge in [0.15, 0.2) is 34.6 Å². The van der Waals surface area contributed by atoms with Crippen molar-refractivity contribution >= 4 is 32.7 Å². The fraction of sp³-hybridized carbons (Fsp3) is 0.167. The van der Waals surface area contributed by atoms with Crippen LogP contribution in [0.15, 0.2) is 65.6 Å². The lowest BCUT2D eigenvalue weighted by molar-refractivity contribution is 0.171. The summed E-state index contributed by atoms with van der Waals surface area (Å²) in [5.74, 6) is 2.61. The van der Waals surface area contributed by atoms with Gasteiger partial charge in [-0.3, -0.25) is 4.72 Å². The average Bonchev–Trinajstić information content (AvgIpc) is 3.35. The standard InChI is InChI=1S/C24H20N4O6S/c29-35(30,16-6-8-19-22(12-16)32-10-9-31-19)28-24-23(26-17-3-1-2-4-18(17)27-24)25-13-15-5-7-20-21(11-15)34-14-33-20/h1-8,11-12H,9-10,13-14H2,(H,25,26)(H,27,28). The first kappa shape index (κ1) is 21.3. The highest BCUT2D eigenvalue weighted by Crippen LogP contribution is 2.34. The lowest BCUT2D eigenvalue weighted by Gasteiger charge is -2.19. The Labute approximate surface area is 200 Å². The fourth-order valence-electron chi connectivity index (χ4n) is 3.81. The zero-order chi connectivity index (χ0) is 23.8. The van der Waals surface area contributed by atoms with Gasteiger partial charge in [-0.1, -0.05) is 18.2 Å². The number of hydrogen-bond donors (Lipinski definition) is 2. The highest BCUT2D eigenvalue weighted by Gasteiger charge is 2.22. The fourth-order valence-corrected chi connectivity index (χ4v) is 4.83. The number of fused-ring (bicyclic) bond motifs is 3. The lowest BCUT2D eigenvalue weighted by Crippen LogP contribution is -2.18. The maximum atomic E-state index is 13.2. The van der Waals surface area contributed by atoms with E-state index in [4.69, 9.17) is 18.9 Å². The molecule has 3 heterocycles. The van der Waals surface area contributed by atoms with E-state index in [1.165, 1.54) is 12.1 Å². The van der Waals surface area contributed by atoms with Crippen LogP contribution in [-0.2, 0) is 16.6 Å². The molecular weight excluding hydrogens is 472 g/mol. The summed E-state index contributed by atoms with van der Waals surface area (Å²) in [7, 11) is -3.99. The van der Waals surface area contributed by atoms with Gasteiger partial charge in [-0.05, 0) is 42.0 Å². The first-order valence-corrected chi connectivity index (χ1v) is 12.4. The molecule has 0 bridgehead atoms. The van der Waals surface area contributed by atoms with E-state index in [1.54, 1.807) is 12.1 Å². The molecule has 0 radical (unpaired) electrons. The predicted octanol–water partition coefficient (Wildman–Crippen LogP) is 3.54. The van der Waals surface area contributed by atoms with Crippen molar-refractivity contribution in [3.63, 3.8) is 0 Å². The number of nitrogens with zero attached hydrogens (tertiary/aromatic N) is 2. The van der Waals surface area contributed by atoms with Gasteiger partial charge < -0.3 is 24.3 Å². The summed E-state index contributed by atoms with van der Waals surface area (Å²) in [6, 6.07) is 17.3. The van der Waals surface area contributed by atoms with E-state index in [9.17, 15) is 8.42 Å². The van der Waals surface area contributed by atoms with Gasteiger partial charge in [0, 0.05) is 12.6 Å². The molecule has 35 heavy (non-hydrogen) atoms. The van der Waals surface area contributed by atoms with Crippen LogP contribution in [0.25, 0.3) is 11.0 Å². The number of sulfonamides is 1. The molecule has 0 unspecified atom stereocenters. The molecule has 0 spiro atoms. The maximum absolute atomic E-state index is 13.2. The third-order valence-corrected chi connectivity index (χ3v) is 6.86. The smallest absolute Gasteiger partial charge is 0.263 e. The first-order chi connectivity index (χ1) is 17.0. The Balaban J connectivity index is 1.32. The summed E-state index contributed by atoms with van der Waals surface area (Å²) >= 11 is 0. The molecule has 0 aliphatic carbocycles. The van der Waals surface area contributed by atoms with Crippen molar-refractivity contribution in [3.8, 4) is 23.0 Å². The summed E-state index contributed by atoms with van der Waals surface area (Å²) in [4.78, 5) is 9.16. The maximum Gasteiger partial charge on any atom is 0.263 e. The van der Waals surface area contributed by atoms with Crippen molar-refractivity contribution in [2.75, 3.05) is 30.0 Å². The Hall–Kier alpha value is -4.25. The lowest BCUT2D eigenvalue weighted by atomic mass is 10.2. The van der Waals surface area contributed by atoms with E-state index in [0.29, 0.717) is 59.6 Å². The van der Waals surface area contributed by atoms with Crippen LogP contribution in [0.1, 0.15) is 5.56 Å². The molecule has 2 N–H and O–H groups in total. The third kappa shape index (κ3) is 4.21. The van der Waals surface area contributed by atoms with E-state index in [2.05, 4.69) is 20.0 Å². The second kappa shape index (κ2) is 8.51. The molecule has 178 valence electrons. The quantitative estimate of drug-likeness (QED) is 0.416. The Morgan fingerprint density at radius 2 is 1.40 bits per heavy atom. The molecule has 3 aromatic carbocycles. The predicted molar refractivity (Wildman–Crippen MR) is 128 cm³/mol. The van der Waals surface area contributed by atoms with E-state index in [1.807, 2.05) is 36.4 Å². The molecule has 1 aromatic heterocycles. The molecule has 2 aliphatic rings. The van der Waals surface area contributed by atoms with Crippen molar-refractivity contribution in [1.29, 1.82) is 0 Å². The number of benzene rings is 3. The minimum Gasteiger partial charge on any atom is -0.486 e. The second-order valence-electron chi connectivity index (χ2n) is 7.86. The van der Waals surface area contributed by atoms with Crippen LogP contribution >= 0.6 is 0 Å². The van der Waals surface area contributed by atoms with Gasteiger partial charge in [0.05, 0.1) is 15.9 Å². The van der Waals surface area contributed by atoms with Crippen molar-refractivity contribution in [3.05, 3.63) is 66.2 Å². The summed E-state index contributed by atoms with van der Waals surface area (Å²) in [5, 5.41) is 3.20. The van der Waals surface area contributed by atoms with Crippen molar-refractivity contribution in [1.82, 2.24) is 9.97 Å². The highest BCUT2D eigenvalue weighted by atomic mass is 32.2. The monoisotopic (exact) mass is 492 g/mol. The molecular formula is C24H20N4O6S. The number of rotatable bonds is 6. The highest BCUT2D eigenvalue weighted by molar-refractivity contribution is 7.92. The summed E-state index contributed by atoms with van der Waals surface area (Å²) in [5.41, 5.74) is 2.09. The average molecular weight is 493 g/mol. The molecule has 0 fully saturated rings. The Kier molecular flexibility index (Phi) is 5.18. The summed E-state index contributed by atoms with van der Waals surface area (Å²) < 4.78 is 50.9. The van der Waals surface area contributed by atoms with Gasteiger partial charge in [0.25, 0.3) is 10.0 Å². The zero-order valence-corrected chi connectivity index (χ0v) is 19.2. The number of hydrogen-bond acceptors (Lipinski definition) is 9. The number of nitrogens with one attached hydrogen (secondary N) is 2. The van der Waals surface area contributed by atoms with E-state index in [0.717, 1.165) is 5.56 Å². The van der Waals surface area contributed by atoms with Crippen LogP contribution in [-0.4, -0.2) is 38.4 Å². The van der Waals surface area contributed by atoms with Crippen LogP contribution in [0, 0.1) is 0 Å². The van der Waals surface area contributed by atoms with Crippen LogP contribution in [0.4, 0.5) is 11.6 Å². The molecule has 0 saturated heterocycles. The van der Waals surface area contributed by atoms with Gasteiger partial charge in [-0.15, -0.1) is 0 Å². The number of ether oxygens (including phenoxy) is 4. The first-order valence-electron chi connectivity index (χ1n) is 10.9. The van der Waals surface area contributed by atoms with Crippen LogP contribution in [0.3, 0.4) is 0 Å². The van der Waals surface area contributed by atoms with Crippen molar-refractivity contribution < 1.29 is 27.4 Å². The van der Waals surface area contributed by atoms with Crippen LogP contribution in [0.2, 0.25) is 0 Å². The molecule has 0 saturated carbocycles. The molecule has 0 amide bonds. The minimum atomic E-state index is -3.99. The molecule has 2 aliphatic heterocycles. The molecule has 11 heteroatoms. The number of anilines is 2. The molecule has 0 atom stereocenters. The SMILES string of the molecule is O=S(=O)(Nc1nc2ccccc2nc1NCc1ccc2c(c1)OCO2)c1ccc2c(c1)OCCO2. The third-order valence-electron chi connectivity index (χ3n) is 5.52. The van der Waals surface area contributed by atoms with Crippen molar-refractivity contribution in [2.45, 2.75) is 11.4 Å². The minimum absolute atomic E-state index is 0.0263. The molecule has 6 rings (SSSR count). The van der Waals surface area contributed by atoms with E-state index >= 15 is 0 Å². The number of para-hydroxylation sites is 2. The van der Waals surface area contributed by atoms with E-state index in [-0.39, 0.29) is 17.5 Å². The summed E-state index contributed by atoms with van der Waals surface area (Å²) in [6.07, 6.45) is 0. The summed E-state index contributed by atoms with van der Waals surface area (Å²) in [6.45, 7) is 1.33. The van der Waals surface area contributed by atoms with Gasteiger partial charge >= 0.3 is 0 Å². The van der Waals surface area contributed by atoms with Gasteiger partial charge in [0.1, 0.15) is 13.2 Å². The Morgan fingerprint density at radius 1 is 0.743 bits per heavy atom. The topological polar surface area (TPSA) is 121 Å². The normalized spacial score (nSPS) is 14.1. The number of aromatic nitrogens is 2. The van der Waals surface area contributed by atoms with Crippen molar-refractivity contribution in [2.24, 2.45) is 0 Å². The Morgan fingerprint density at radius 3 is 2.23 bits per heavy atom. The van der Waals surface area contributed by atoms with Crippen LogP contribution < -0.4 is 29.0 Å². The molecule has 4 aromatic rings. The van der Waals surface area contributed by atoms with Gasteiger partial charge in [0.2, 0.25) is 6.79 Å².